The van der Waals surface area contributed by atoms with E-state index in [-0.39, 0.29) is 6.04 Å². The molecule has 0 aromatic carbocycles. The van der Waals surface area contributed by atoms with E-state index < -0.39 is 0 Å². The van der Waals surface area contributed by atoms with Gasteiger partial charge in [-0.3, -0.25) is 9.08 Å². The first-order valence-electron chi connectivity index (χ1n) is 6.23. The molecule has 3 heterocycles. The molecule has 6 heteroatoms. The SMILES string of the molecule is Cc1nn(C)c(C)c1C(N)Cc1cn2ccsc2n1. The second kappa shape index (κ2) is 4.47. The lowest BCUT2D eigenvalue weighted by atomic mass is 10.0. The van der Waals surface area contributed by atoms with E-state index in [0.717, 1.165) is 34.0 Å². The summed E-state index contributed by atoms with van der Waals surface area (Å²) in [4.78, 5) is 5.59. The van der Waals surface area contributed by atoms with Gasteiger partial charge in [-0.05, 0) is 13.8 Å². The molecule has 0 bridgehead atoms. The Kier molecular flexibility index (Phi) is 2.91. The minimum absolute atomic E-state index is 0.0571. The van der Waals surface area contributed by atoms with Gasteiger partial charge in [0.2, 0.25) is 0 Å². The molecule has 3 aromatic heterocycles. The number of aromatic nitrogens is 4. The van der Waals surface area contributed by atoms with Gasteiger partial charge in [-0.15, -0.1) is 11.3 Å². The summed E-state index contributed by atoms with van der Waals surface area (Å²) in [7, 11) is 1.95. The van der Waals surface area contributed by atoms with Crippen LogP contribution in [-0.2, 0) is 13.5 Å². The number of hydrogen-bond donors (Lipinski definition) is 1. The molecule has 1 atom stereocenters. The largest absolute Gasteiger partial charge is 0.324 e. The van der Waals surface area contributed by atoms with E-state index in [1.54, 1.807) is 11.3 Å². The van der Waals surface area contributed by atoms with Crippen LogP contribution in [-0.4, -0.2) is 19.2 Å². The van der Waals surface area contributed by atoms with Gasteiger partial charge in [0.1, 0.15) is 0 Å². The number of hydrogen-bond acceptors (Lipinski definition) is 4. The van der Waals surface area contributed by atoms with E-state index in [0.29, 0.717) is 0 Å². The number of nitrogens with zero attached hydrogens (tertiary/aromatic N) is 4. The normalized spacial score (nSPS) is 13.3. The van der Waals surface area contributed by atoms with Crippen LogP contribution in [0.3, 0.4) is 0 Å². The van der Waals surface area contributed by atoms with Gasteiger partial charge in [-0.25, -0.2) is 4.98 Å². The van der Waals surface area contributed by atoms with Gasteiger partial charge in [0.25, 0.3) is 0 Å². The zero-order valence-electron chi connectivity index (χ0n) is 11.3. The molecule has 19 heavy (non-hydrogen) atoms. The van der Waals surface area contributed by atoms with Gasteiger partial charge in [0.15, 0.2) is 4.96 Å². The molecule has 0 aliphatic rings. The smallest absolute Gasteiger partial charge is 0.193 e. The van der Waals surface area contributed by atoms with Crippen molar-refractivity contribution in [3.8, 4) is 0 Å². The van der Waals surface area contributed by atoms with Gasteiger partial charge < -0.3 is 5.73 Å². The maximum absolute atomic E-state index is 6.33. The zero-order valence-corrected chi connectivity index (χ0v) is 12.1. The Morgan fingerprint density at radius 3 is 2.84 bits per heavy atom. The highest BCUT2D eigenvalue weighted by Gasteiger charge is 2.18. The lowest BCUT2D eigenvalue weighted by molar-refractivity contribution is 0.692. The number of fused-ring (bicyclic) bond motifs is 1. The van der Waals surface area contributed by atoms with Crippen molar-refractivity contribution < 1.29 is 0 Å². The third kappa shape index (κ3) is 2.06. The number of imidazole rings is 1. The molecule has 0 saturated heterocycles. The second-order valence-corrected chi connectivity index (χ2v) is 5.72. The van der Waals surface area contributed by atoms with Crippen LogP contribution in [0.1, 0.15) is 28.7 Å². The molecule has 0 saturated carbocycles. The molecular formula is C13H17N5S. The first-order valence-corrected chi connectivity index (χ1v) is 7.11. The summed E-state index contributed by atoms with van der Waals surface area (Å²) in [6.07, 6.45) is 4.80. The van der Waals surface area contributed by atoms with Crippen molar-refractivity contribution in [2.45, 2.75) is 26.3 Å². The Labute approximate surface area is 115 Å². The zero-order chi connectivity index (χ0) is 13.6. The second-order valence-electron chi connectivity index (χ2n) is 4.84. The predicted molar refractivity (Wildman–Crippen MR) is 76.4 cm³/mol. The van der Waals surface area contributed by atoms with Crippen molar-refractivity contribution in [2.75, 3.05) is 0 Å². The highest BCUT2D eigenvalue weighted by atomic mass is 32.1. The van der Waals surface area contributed by atoms with Crippen LogP contribution < -0.4 is 5.73 Å². The molecule has 3 rings (SSSR count). The van der Waals surface area contributed by atoms with Crippen LogP contribution >= 0.6 is 11.3 Å². The minimum atomic E-state index is -0.0571. The minimum Gasteiger partial charge on any atom is -0.324 e. The van der Waals surface area contributed by atoms with Crippen LogP contribution in [0.5, 0.6) is 0 Å². The molecule has 2 N–H and O–H groups in total. The number of aryl methyl sites for hydroxylation is 2. The van der Waals surface area contributed by atoms with Crippen molar-refractivity contribution in [3.05, 3.63) is 40.4 Å². The number of nitrogens with two attached hydrogens (primary N) is 1. The van der Waals surface area contributed by atoms with E-state index in [2.05, 4.69) is 17.0 Å². The maximum Gasteiger partial charge on any atom is 0.193 e. The first-order chi connectivity index (χ1) is 9.06. The molecule has 0 radical (unpaired) electrons. The highest BCUT2D eigenvalue weighted by molar-refractivity contribution is 7.15. The van der Waals surface area contributed by atoms with Crippen molar-refractivity contribution in [1.82, 2.24) is 19.2 Å². The van der Waals surface area contributed by atoms with Crippen LogP contribution in [0.25, 0.3) is 4.96 Å². The summed E-state index contributed by atoms with van der Waals surface area (Å²) in [5.41, 5.74) is 10.6. The first kappa shape index (κ1) is 12.4. The topological polar surface area (TPSA) is 61.1 Å². The van der Waals surface area contributed by atoms with Crippen molar-refractivity contribution in [2.24, 2.45) is 12.8 Å². The molecule has 100 valence electrons. The highest BCUT2D eigenvalue weighted by Crippen LogP contribution is 2.23. The molecular weight excluding hydrogens is 258 g/mol. The monoisotopic (exact) mass is 275 g/mol. The summed E-state index contributed by atoms with van der Waals surface area (Å²) in [6.45, 7) is 4.06. The van der Waals surface area contributed by atoms with Gasteiger partial charge in [-0.1, -0.05) is 0 Å². The van der Waals surface area contributed by atoms with E-state index in [1.165, 1.54) is 0 Å². The van der Waals surface area contributed by atoms with E-state index in [4.69, 9.17) is 5.73 Å². The lowest BCUT2D eigenvalue weighted by Crippen LogP contribution is -2.15. The van der Waals surface area contributed by atoms with Crippen molar-refractivity contribution in [1.29, 1.82) is 0 Å². The fourth-order valence-electron chi connectivity index (χ4n) is 2.53. The van der Waals surface area contributed by atoms with Crippen LogP contribution in [0.15, 0.2) is 17.8 Å². The Bertz CT molecular complexity index is 692. The Hall–Kier alpha value is -1.66. The third-order valence-electron chi connectivity index (χ3n) is 3.51. The van der Waals surface area contributed by atoms with E-state index >= 15 is 0 Å². The molecule has 0 fully saturated rings. The van der Waals surface area contributed by atoms with Crippen LogP contribution in [0.2, 0.25) is 0 Å². The van der Waals surface area contributed by atoms with E-state index in [1.807, 2.05) is 40.8 Å². The van der Waals surface area contributed by atoms with Crippen LogP contribution in [0, 0.1) is 13.8 Å². The molecule has 0 aliphatic heterocycles. The maximum atomic E-state index is 6.33. The van der Waals surface area contributed by atoms with Gasteiger partial charge in [0, 0.05) is 48.5 Å². The molecule has 1 unspecified atom stereocenters. The Balaban J connectivity index is 1.88. The van der Waals surface area contributed by atoms with E-state index in [9.17, 15) is 0 Å². The Morgan fingerprint density at radius 1 is 1.42 bits per heavy atom. The summed E-state index contributed by atoms with van der Waals surface area (Å²) in [5, 5.41) is 6.45. The lowest BCUT2D eigenvalue weighted by Gasteiger charge is -2.10. The fourth-order valence-corrected chi connectivity index (χ4v) is 3.25. The molecule has 0 spiro atoms. The predicted octanol–water partition coefficient (Wildman–Crippen LogP) is 1.99. The van der Waals surface area contributed by atoms with Gasteiger partial charge >= 0.3 is 0 Å². The fraction of sp³-hybridized carbons (Fsp3) is 0.385. The average Bonchev–Trinajstić information content (AvgIpc) is 2.94. The number of thiazole rings is 1. The van der Waals surface area contributed by atoms with Gasteiger partial charge in [0.05, 0.1) is 11.4 Å². The summed E-state index contributed by atoms with van der Waals surface area (Å²) >= 11 is 1.64. The number of rotatable bonds is 3. The summed E-state index contributed by atoms with van der Waals surface area (Å²) in [5.74, 6) is 0. The third-order valence-corrected chi connectivity index (χ3v) is 4.28. The molecule has 3 aromatic rings. The summed E-state index contributed by atoms with van der Waals surface area (Å²) < 4.78 is 3.92. The standard InChI is InChI=1S/C13H17N5S/c1-8-12(9(2)17(3)16-8)11(14)6-10-7-18-4-5-19-13(18)15-10/h4-5,7,11H,6,14H2,1-3H3. The van der Waals surface area contributed by atoms with Crippen molar-refractivity contribution >= 4 is 16.3 Å². The van der Waals surface area contributed by atoms with Crippen LogP contribution in [0.4, 0.5) is 0 Å². The summed E-state index contributed by atoms with van der Waals surface area (Å²) in [6, 6.07) is -0.0571. The molecule has 0 amide bonds. The molecule has 0 aliphatic carbocycles. The Morgan fingerprint density at radius 2 is 2.21 bits per heavy atom. The quantitative estimate of drug-likeness (QED) is 0.795. The van der Waals surface area contributed by atoms with Crippen molar-refractivity contribution in [3.63, 3.8) is 0 Å². The van der Waals surface area contributed by atoms with Gasteiger partial charge in [-0.2, -0.15) is 5.10 Å². The molecule has 5 nitrogen and oxygen atoms in total. The average molecular weight is 275 g/mol.